The molecule has 1 saturated heterocycles. The predicted octanol–water partition coefficient (Wildman–Crippen LogP) is 11.5. The Balaban J connectivity index is 0.000000216. The Kier molecular flexibility index (Phi) is 27.0. The van der Waals surface area contributed by atoms with E-state index in [1.807, 2.05) is 0 Å². The molecule has 7 N–H and O–H groups in total. The van der Waals surface area contributed by atoms with E-state index in [9.17, 15) is 59.6 Å². The van der Waals surface area contributed by atoms with Gasteiger partial charge in [-0.15, -0.1) is 0 Å². The summed E-state index contributed by atoms with van der Waals surface area (Å²) in [4.78, 5) is 105. The zero-order valence-corrected chi connectivity index (χ0v) is 49.5. The van der Waals surface area contributed by atoms with Crippen molar-refractivity contribution in [3.63, 3.8) is 0 Å². The normalized spacial score (nSPS) is 12.9. The molecule has 8 aromatic rings. The number of amides is 1. The van der Waals surface area contributed by atoms with Crippen LogP contribution in [0.3, 0.4) is 0 Å². The number of carboxylic acids is 1. The minimum Gasteiger partial charge on any atom is -0.478 e. The van der Waals surface area contributed by atoms with Crippen molar-refractivity contribution in [2.24, 2.45) is 11.8 Å². The van der Waals surface area contributed by atoms with Crippen LogP contribution in [-0.4, -0.2) is 114 Å². The number of benzene rings is 4. The lowest BCUT2D eigenvalue weighted by Crippen LogP contribution is -2.40. The standard InChI is InChI=1S/C22H29N5O3.C13H11N3O4.C12H9N3O4.C7H6ClNO2.C6H6N2O2/c1-16-12-17(2)15-26(14-16)11-5-10-24-22(28)20-8-4-9-23-21(20)25-18-6-3-7-19(13-18)27(29)30;1-20-13(17)11-6-3-7-14-12(11)15-9-4-2-5-10(8-9)16(18)19;16-12(17)10-5-2-6-13-11(10)14-8-3-1-4-9(7-8)15(18)19;1-11-7(10)5-3-2-4-9-6(5)8;7-5-2-1-3-6(4-5)8(9)10/h3-4,6-9,13,16-17H,5,10-12,14-15H2,1-2H3,(H,23,25)(H,24,28);2-8H,1H3,(H,14,15);1-7H,(H,13,14)(H,16,17);2-4H,1H3;1-4H,7H2. The number of nitrogens with zero attached hydrogens (tertiary/aromatic N) is 9. The van der Waals surface area contributed by atoms with Crippen molar-refractivity contribution in [2.45, 2.75) is 26.7 Å². The van der Waals surface area contributed by atoms with Crippen LogP contribution in [0.1, 0.15) is 68.1 Å². The zero-order valence-electron chi connectivity index (χ0n) is 48.7. The number of ether oxygens (including phenoxy) is 2. The Bertz CT molecular complexity index is 3800. The highest BCUT2D eigenvalue weighted by molar-refractivity contribution is 6.32. The maximum Gasteiger partial charge on any atom is 0.341 e. The van der Waals surface area contributed by atoms with Crippen molar-refractivity contribution in [1.82, 2.24) is 30.2 Å². The van der Waals surface area contributed by atoms with Crippen molar-refractivity contribution in [3.8, 4) is 0 Å². The van der Waals surface area contributed by atoms with Crippen LogP contribution in [0, 0.1) is 52.3 Å². The van der Waals surface area contributed by atoms with Crippen LogP contribution in [0.25, 0.3) is 0 Å². The van der Waals surface area contributed by atoms with Gasteiger partial charge in [0.05, 0.1) is 45.0 Å². The maximum atomic E-state index is 12.7. The first-order valence-electron chi connectivity index (χ1n) is 27.0. The summed E-state index contributed by atoms with van der Waals surface area (Å²) in [7, 11) is 2.57. The van der Waals surface area contributed by atoms with Gasteiger partial charge in [-0.25, -0.2) is 34.3 Å². The van der Waals surface area contributed by atoms with Gasteiger partial charge in [0, 0.05) is 116 Å². The molecule has 0 bridgehead atoms. The molecule has 1 aliphatic heterocycles. The molecule has 29 nitrogen and oxygen atoms in total. The smallest absolute Gasteiger partial charge is 0.341 e. The Morgan fingerprint density at radius 1 is 0.556 bits per heavy atom. The van der Waals surface area contributed by atoms with Gasteiger partial charge in [0.2, 0.25) is 0 Å². The van der Waals surface area contributed by atoms with Gasteiger partial charge in [0.25, 0.3) is 28.7 Å². The third-order valence-electron chi connectivity index (χ3n) is 12.4. The SMILES string of the molecule is CC1CC(C)CN(CCCNC(=O)c2cccnc2Nc2cccc([N+](=O)[O-])c2)C1.COC(=O)c1cccnc1Cl.COC(=O)c1cccnc1Nc1cccc([N+](=O)[O-])c1.Nc1cccc([N+](=O)[O-])c1.O=C(O)c1cccnc1Nc1cccc([N+](=O)[O-])c1. The first-order chi connectivity index (χ1) is 43.1. The number of nitro groups is 4. The van der Waals surface area contributed by atoms with Crippen molar-refractivity contribution in [2.75, 3.05) is 62.1 Å². The summed E-state index contributed by atoms with van der Waals surface area (Å²) in [5, 5.41) is 63.2. The molecule has 1 amide bonds. The van der Waals surface area contributed by atoms with Crippen molar-refractivity contribution in [3.05, 3.63) is 238 Å². The van der Waals surface area contributed by atoms with E-state index in [-0.39, 0.29) is 62.1 Å². The van der Waals surface area contributed by atoms with Crippen LogP contribution in [0.4, 0.5) is 63.0 Å². The molecule has 1 aliphatic rings. The van der Waals surface area contributed by atoms with Gasteiger partial charge >= 0.3 is 17.9 Å². The van der Waals surface area contributed by atoms with E-state index in [2.05, 4.69) is 69.4 Å². The minimum atomic E-state index is -1.12. The summed E-state index contributed by atoms with van der Waals surface area (Å²) >= 11 is 5.59. The molecule has 0 radical (unpaired) electrons. The molecule has 468 valence electrons. The number of non-ortho nitro benzene ring substituents is 4. The topological polar surface area (TPSA) is 408 Å². The maximum absolute atomic E-state index is 12.7. The molecule has 0 spiro atoms. The van der Waals surface area contributed by atoms with Crippen LogP contribution in [0.2, 0.25) is 5.15 Å². The van der Waals surface area contributed by atoms with Crippen LogP contribution in [0.5, 0.6) is 0 Å². The van der Waals surface area contributed by atoms with Crippen LogP contribution in [-0.2, 0) is 9.47 Å². The van der Waals surface area contributed by atoms with Crippen molar-refractivity contribution in [1.29, 1.82) is 0 Å². The average Bonchev–Trinajstić information content (AvgIpc) is 2.01. The minimum absolute atomic E-state index is 0.00555. The second-order valence-electron chi connectivity index (χ2n) is 19.3. The number of nitro benzene ring substituents is 4. The van der Waals surface area contributed by atoms with E-state index in [4.69, 9.17) is 22.4 Å². The summed E-state index contributed by atoms with van der Waals surface area (Å²) in [6, 6.07) is 36.3. The summed E-state index contributed by atoms with van der Waals surface area (Å²) in [5.41, 5.74) is 7.88. The fraction of sp³-hybridized carbons (Fsp3) is 0.200. The second-order valence-corrected chi connectivity index (χ2v) is 19.7. The van der Waals surface area contributed by atoms with Crippen molar-refractivity contribution >= 4 is 98.4 Å². The number of nitrogen functional groups attached to an aromatic ring is 1. The summed E-state index contributed by atoms with van der Waals surface area (Å²) < 4.78 is 9.10. The lowest BCUT2D eigenvalue weighted by atomic mass is 9.92. The van der Waals surface area contributed by atoms with Gasteiger partial charge in [-0.1, -0.05) is 49.7 Å². The van der Waals surface area contributed by atoms with Gasteiger partial charge < -0.3 is 46.5 Å². The molecule has 2 atom stereocenters. The highest BCUT2D eigenvalue weighted by Gasteiger charge is 2.22. The highest BCUT2D eigenvalue weighted by Crippen LogP contribution is 2.27. The molecule has 5 heterocycles. The number of hydrogen-bond donors (Lipinski definition) is 6. The highest BCUT2D eigenvalue weighted by atomic mass is 35.5. The number of esters is 2. The number of methoxy groups -OCH3 is 2. The molecule has 0 saturated carbocycles. The van der Waals surface area contributed by atoms with Crippen LogP contribution >= 0.6 is 11.6 Å². The van der Waals surface area contributed by atoms with E-state index in [1.165, 1.54) is 106 Å². The van der Waals surface area contributed by atoms with E-state index >= 15 is 0 Å². The molecule has 9 rings (SSSR count). The zero-order chi connectivity index (χ0) is 65.7. The quantitative estimate of drug-likeness (QED) is 0.0116. The largest absolute Gasteiger partial charge is 0.478 e. The van der Waals surface area contributed by atoms with E-state index in [1.54, 1.807) is 85.1 Å². The van der Waals surface area contributed by atoms with Crippen LogP contribution in [0.15, 0.2) is 170 Å². The number of rotatable bonds is 18. The predicted molar refractivity (Wildman–Crippen MR) is 335 cm³/mol. The second kappa shape index (κ2) is 35.1. The molecule has 30 heteroatoms. The van der Waals surface area contributed by atoms with Crippen molar-refractivity contribution < 1.29 is 53.5 Å². The lowest BCUT2D eigenvalue weighted by molar-refractivity contribution is -0.385. The Morgan fingerprint density at radius 3 is 1.34 bits per heavy atom. The summed E-state index contributed by atoms with van der Waals surface area (Å²) in [6.45, 7) is 8.39. The third kappa shape index (κ3) is 22.4. The number of piperidine rings is 1. The first kappa shape index (κ1) is 69.2. The van der Waals surface area contributed by atoms with Gasteiger partial charge in [0.15, 0.2) is 0 Å². The monoisotopic (exact) mass is 1250 g/mol. The number of halogens is 1. The first-order valence-corrected chi connectivity index (χ1v) is 27.3. The van der Waals surface area contributed by atoms with Gasteiger partial charge in [-0.05, 0) is 104 Å². The van der Waals surface area contributed by atoms with Gasteiger partial charge in [0.1, 0.15) is 33.7 Å². The lowest BCUT2D eigenvalue weighted by Gasteiger charge is -2.34. The number of carbonyl (C=O) groups is 4. The molecule has 1 fully saturated rings. The number of carbonyl (C=O) groups excluding carboxylic acids is 3. The van der Waals surface area contributed by atoms with E-state index < -0.39 is 37.6 Å². The molecule has 4 aromatic carbocycles. The molecule has 2 unspecified atom stereocenters. The van der Waals surface area contributed by atoms with Crippen LogP contribution < -0.4 is 27.0 Å². The fourth-order valence-electron chi connectivity index (χ4n) is 8.51. The third-order valence-corrected chi connectivity index (χ3v) is 12.7. The molecule has 4 aromatic heterocycles. The van der Waals surface area contributed by atoms with E-state index in [0.717, 1.165) is 37.9 Å². The molecule has 90 heavy (non-hydrogen) atoms. The fourth-order valence-corrected chi connectivity index (χ4v) is 8.70. The number of aromatic carboxylic acids is 1. The molecular formula is C60H61ClN14O15. The molecular weight excluding hydrogens is 1190 g/mol. The van der Waals surface area contributed by atoms with E-state index in [0.29, 0.717) is 40.7 Å². The Labute approximate surface area is 518 Å². The number of aromatic nitrogens is 4. The summed E-state index contributed by atoms with van der Waals surface area (Å²) in [6.07, 6.45) is 8.20. The average molecular weight is 1250 g/mol. The number of anilines is 7. The number of hydrogen-bond acceptors (Lipinski definition) is 23. The van der Waals surface area contributed by atoms with Gasteiger partial charge in [-0.2, -0.15) is 0 Å². The molecule has 0 aliphatic carbocycles. The van der Waals surface area contributed by atoms with Gasteiger partial charge in [-0.3, -0.25) is 45.3 Å². The Morgan fingerprint density at radius 2 is 0.933 bits per heavy atom. The summed E-state index contributed by atoms with van der Waals surface area (Å²) in [5.74, 6) is -0.113. The Hall–Kier alpha value is -11.6. The number of pyridine rings is 4. The number of carboxylic acid groups (broad SMARTS) is 1. The number of nitrogens with one attached hydrogen (secondary N) is 4. The number of likely N-dealkylation sites (tertiary alicyclic amines) is 1. The number of nitrogens with two attached hydrogens (primary N) is 1.